The van der Waals surface area contributed by atoms with Crippen molar-refractivity contribution in [2.24, 2.45) is 5.92 Å². The van der Waals surface area contributed by atoms with Crippen LogP contribution in [0.2, 0.25) is 0 Å². The first-order valence-corrected chi connectivity index (χ1v) is 5.17. The van der Waals surface area contributed by atoms with Crippen molar-refractivity contribution >= 4 is 5.97 Å². The molecule has 0 heterocycles. The van der Waals surface area contributed by atoms with Gasteiger partial charge in [0.2, 0.25) is 0 Å². The molecule has 1 fully saturated rings. The van der Waals surface area contributed by atoms with E-state index in [2.05, 4.69) is 0 Å². The second-order valence-electron chi connectivity index (χ2n) is 3.83. The second-order valence-corrected chi connectivity index (χ2v) is 3.83. The van der Waals surface area contributed by atoms with E-state index in [0.717, 1.165) is 19.3 Å². The fraction of sp³-hybridized carbons (Fsp3) is 0.417. The minimum absolute atomic E-state index is 0.0437. The number of carbonyl (C=O) groups excluding carboxylic acids is 1. The van der Waals surface area contributed by atoms with Gasteiger partial charge in [0.25, 0.3) is 0 Å². The molecule has 0 unspecified atom stereocenters. The van der Waals surface area contributed by atoms with E-state index in [4.69, 9.17) is 4.74 Å². The first-order valence-electron chi connectivity index (χ1n) is 5.17. The molecule has 0 radical (unpaired) electrons. The Bertz CT molecular complexity index is 358. The van der Waals surface area contributed by atoms with Crippen molar-refractivity contribution in [1.29, 1.82) is 0 Å². The number of ether oxygens (including phenoxy) is 1. The highest BCUT2D eigenvalue weighted by Gasteiger charge is 2.26. The highest BCUT2D eigenvalue weighted by atomic mass is 19.1. The van der Waals surface area contributed by atoms with Crippen LogP contribution in [-0.2, 0) is 16.1 Å². The lowest BCUT2D eigenvalue weighted by Gasteiger charge is -2.23. The van der Waals surface area contributed by atoms with E-state index in [1.807, 2.05) is 0 Å². The van der Waals surface area contributed by atoms with Crippen LogP contribution < -0.4 is 0 Å². The van der Waals surface area contributed by atoms with Crippen molar-refractivity contribution in [3.8, 4) is 0 Å². The fourth-order valence-electron chi connectivity index (χ4n) is 1.53. The van der Waals surface area contributed by atoms with Crippen molar-refractivity contribution in [2.45, 2.75) is 25.9 Å². The zero-order valence-electron chi connectivity index (χ0n) is 8.41. The van der Waals surface area contributed by atoms with Gasteiger partial charge in [-0.15, -0.1) is 0 Å². The first-order chi connectivity index (χ1) is 7.27. The van der Waals surface area contributed by atoms with E-state index >= 15 is 0 Å². The number of carbonyl (C=O) groups is 1. The van der Waals surface area contributed by atoms with Crippen LogP contribution in [0.4, 0.5) is 4.39 Å². The van der Waals surface area contributed by atoms with Crippen LogP contribution in [0.1, 0.15) is 24.8 Å². The van der Waals surface area contributed by atoms with Crippen molar-refractivity contribution < 1.29 is 13.9 Å². The normalized spacial score (nSPS) is 15.8. The monoisotopic (exact) mass is 208 g/mol. The Balaban J connectivity index is 1.87. The number of halogens is 1. The summed E-state index contributed by atoms with van der Waals surface area (Å²) in [6.45, 7) is 0.0437. The van der Waals surface area contributed by atoms with E-state index in [1.165, 1.54) is 6.07 Å². The Morgan fingerprint density at radius 2 is 2.13 bits per heavy atom. The zero-order valence-corrected chi connectivity index (χ0v) is 8.41. The molecule has 0 saturated heterocycles. The summed E-state index contributed by atoms with van der Waals surface area (Å²) in [5.74, 6) is -0.458. The summed E-state index contributed by atoms with van der Waals surface area (Å²) in [6, 6.07) is 6.35. The number of esters is 1. The lowest BCUT2D eigenvalue weighted by molar-refractivity contribution is -0.152. The van der Waals surface area contributed by atoms with E-state index in [1.54, 1.807) is 18.2 Å². The number of hydrogen-bond donors (Lipinski definition) is 0. The molecule has 1 saturated carbocycles. The van der Waals surface area contributed by atoms with Crippen LogP contribution in [0, 0.1) is 11.7 Å². The minimum atomic E-state index is -0.320. The smallest absolute Gasteiger partial charge is 0.309 e. The van der Waals surface area contributed by atoms with Gasteiger partial charge in [-0.2, -0.15) is 0 Å². The fourth-order valence-corrected chi connectivity index (χ4v) is 1.53. The number of rotatable bonds is 3. The molecule has 1 aromatic rings. The van der Waals surface area contributed by atoms with Gasteiger partial charge < -0.3 is 4.74 Å². The summed E-state index contributed by atoms with van der Waals surface area (Å²) in [6.07, 6.45) is 2.92. The van der Waals surface area contributed by atoms with Gasteiger partial charge in [0.15, 0.2) is 0 Å². The molecule has 0 aliphatic heterocycles. The molecule has 15 heavy (non-hydrogen) atoms. The van der Waals surface area contributed by atoms with Crippen LogP contribution in [0.15, 0.2) is 24.3 Å². The van der Waals surface area contributed by atoms with Crippen LogP contribution in [0.25, 0.3) is 0 Å². The van der Waals surface area contributed by atoms with Crippen LogP contribution in [-0.4, -0.2) is 5.97 Å². The molecule has 0 aromatic heterocycles. The molecule has 1 aliphatic rings. The van der Waals surface area contributed by atoms with E-state index < -0.39 is 0 Å². The highest BCUT2D eigenvalue weighted by Crippen LogP contribution is 2.27. The van der Waals surface area contributed by atoms with Gasteiger partial charge in [-0.25, -0.2) is 4.39 Å². The average Bonchev–Trinajstić information content (AvgIpc) is 2.14. The molecule has 2 rings (SSSR count). The molecule has 80 valence electrons. The zero-order chi connectivity index (χ0) is 10.7. The average molecular weight is 208 g/mol. The molecule has 2 nitrogen and oxygen atoms in total. The second kappa shape index (κ2) is 4.43. The quantitative estimate of drug-likeness (QED) is 0.714. The van der Waals surface area contributed by atoms with Crippen molar-refractivity contribution in [2.75, 3.05) is 0 Å². The Kier molecular flexibility index (Phi) is 2.99. The predicted octanol–water partition coefficient (Wildman–Crippen LogP) is 2.67. The van der Waals surface area contributed by atoms with Crippen LogP contribution >= 0.6 is 0 Å². The molecule has 1 aromatic carbocycles. The lowest BCUT2D eigenvalue weighted by atomic mass is 9.86. The summed E-state index contributed by atoms with van der Waals surface area (Å²) < 4.78 is 18.2. The maximum atomic E-state index is 13.1. The first kappa shape index (κ1) is 10.1. The minimum Gasteiger partial charge on any atom is -0.460 e. The Labute approximate surface area is 88.1 Å². The third-order valence-electron chi connectivity index (χ3n) is 2.77. The largest absolute Gasteiger partial charge is 0.460 e. The highest BCUT2D eigenvalue weighted by molar-refractivity contribution is 5.73. The SMILES string of the molecule is O=C(OCc1ccccc1F)C1CCC1. The van der Waals surface area contributed by atoms with Gasteiger partial charge in [0, 0.05) is 5.56 Å². The maximum Gasteiger partial charge on any atom is 0.309 e. The summed E-state index contributed by atoms with van der Waals surface area (Å²) in [7, 11) is 0. The van der Waals surface area contributed by atoms with Gasteiger partial charge in [-0.1, -0.05) is 24.6 Å². The Morgan fingerprint density at radius 1 is 1.40 bits per heavy atom. The molecule has 3 heteroatoms. The third kappa shape index (κ3) is 2.35. The van der Waals surface area contributed by atoms with Gasteiger partial charge in [-0.3, -0.25) is 4.79 Å². The summed E-state index contributed by atoms with van der Waals surface area (Å²) >= 11 is 0. The molecule has 0 atom stereocenters. The van der Waals surface area contributed by atoms with Crippen LogP contribution in [0.5, 0.6) is 0 Å². The van der Waals surface area contributed by atoms with Gasteiger partial charge in [0.1, 0.15) is 12.4 Å². The van der Waals surface area contributed by atoms with Gasteiger partial charge in [-0.05, 0) is 18.9 Å². The van der Waals surface area contributed by atoms with Gasteiger partial charge in [0.05, 0.1) is 5.92 Å². The van der Waals surface area contributed by atoms with Crippen LogP contribution in [0.3, 0.4) is 0 Å². The standard InChI is InChI=1S/C12H13FO2/c13-11-7-2-1-4-10(11)8-15-12(14)9-5-3-6-9/h1-2,4,7,9H,3,5-6,8H2. The lowest BCUT2D eigenvalue weighted by Crippen LogP contribution is -2.24. The Morgan fingerprint density at radius 3 is 2.73 bits per heavy atom. The summed E-state index contributed by atoms with van der Waals surface area (Å²) in [4.78, 5) is 11.4. The van der Waals surface area contributed by atoms with E-state index in [9.17, 15) is 9.18 Å². The molecular weight excluding hydrogens is 195 g/mol. The molecule has 0 N–H and O–H groups in total. The summed E-state index contributed by atoms with van der Waals surface area (Å²) in [5.41, 5.74) is 0.435. The van der Waals surface area contributed by atoms with Gasteiger partial charge >= 0.3 is 5.97 Å². The van der Waals surface area contributed by atoms with E-state index in [0.29, 0.717) is 5.56 Å². The number of benzene rings is 1. The third-order valence-corrected chi connectivity index (χ3v) is 2.77. The molecular formula is C12H13FO2. The Hall–Kier alpha value is -1.38. The maximum absolute atomic E-state index is 13.1. The molecule has 0 bridgehead atoms. The van der Waals surface area contributed by atoms with E-state index in [-0.39, 0.29) is 24.3 Å². The molecule has 0 amide bonds. The predicted molar refractivity (Wildman–Crippen MR) is 53.5 cm³/mol. The molecule has 1 aliphatic carbocycles. The topological polar surface area (TPSA) is 26.3 Å². The summed E-state index contributed by atoms with van der Waals surface area (Å²) in [5, 5.41) is 0. The van der Waals surface area contributed by atoms with Crippen molar-refractivity contribution in [3.63, 3.8) is 0 Å². The van der Waals surface area contributed by atoms with Crippen molar-refractivity contribution in [1.82, 2.24) is 0 Å². The number of hydrogen-bond acceptors (Lipinski definition) is 2. The van der Waals surface area contributed by atoms with Crippen molar-refractivity contribution in [3.05, 3.63) is 35.6 Å². The molecule has 0 spiro atoms.